The number of ether oxygens (including phenoxy) is 1. The van der Waals surface area contributed by atoms with Gasteiger partial charge in [0.1, 0.15) is 11.5 Å². The summed E-state index contributed by atoms with van der Waals surface area (Å²) < 4.78 is 5.40. The van der Waals surface area contributed by atoms with E-state index in [1.807, 2.05) is 38.4 Å². The summed E-state index contributed by atoms with van der Waals surface area (Å²) in [4.78, 5) is 19.8. The van der Waals surface area contributed by atoms with Crippen LogP contribution in [0.15, 0.2) is 24.5 Å². The van der Waals surface area contributed by atoms with Crippen molar-refractivity contribution in [2.24, 2.45) is 5.73 Å². The predicted molar refractivity (Wildman–Crippen MR) is 102 cm³/mol. The second-order valence-corrected chi connectivity index (χ2v) is 6.83. The van der Waals surface area contributed by atoms with Crippen molar-refractivity contribution < 1.29 is 9.53 Å². The zero-order valence-electron chi connectivity index (χ0n) is 15.3. The number of aromatic amines is 1. The van der Waals surface area contributed by atoms with E-state index in [1.54, 1.807) is 0 Å². The molecule has 0 saturated carbocycles. The topological polar surface area (TPSA) is 105 Å². The highest BCUT2D eigenvalue weighted by Gasteiger charge is 2.16. The van der Waals surface area contributed by atoms with Crippen LogP contribution in [0.3, 0.4) is 0 Å². The number of hydrogen-bond donors (Lipinski definition) is 4. The molecule has 1 fully saturated rings. The van der Waals surface area contributed by atoms with Crippen LogP contribution in [-0.4, -0.2) is 47.7 Å². The Morgan fingerprint density at radius 2 is 2.19 bits per heavy atom. The van der Waals surface area contributed by atoms with Crippen LogP contribution in [0.4, 0.5) is 5.82 Å². The van der Waals surface area contributed by atoms with Gasteiger partial charge in [-0.3, -0.25) is 4.79 Å². The number of hydrogen-bond acceptors (Lipinski definition) is 5. The van der Waals surface area contributed by atoms with E-state index >= 15 is 0 Å². The fourth-order valence-corrected chi connectivity index (χ4v) is 3.01. The molecule has 1 aliphatic rings. The molecule has 1 atom stereocenters. The molecule has 0 aliphatic carbocycles. The molecule has 1 unspecified atom stereocenters. The molecule has 3 heterocycles. The Hall–Kier alpha value is -2.38. The number of nitrogens with zero attached hydrogens (tertiary/aromatic N) is 1. The Kier molecular flexibility index (Phi) is 5.90. The van der Waals surface area contributed by atoms with E-state index in [-0.39, 0.29) is 11.9 Å². The van der Waals surface area contributed by atoms with Gasteiger partial charge in [0.25, 0.3) is 5.91 Å². The van der Waals surface area contributed by atoms with Gasteiger partial charge in [0.15, 0.2) is 0 Å². The van der Waals surface area contributed by atoms with Crippen molar-refractivity contribution in [1.82, 2.24) is 15.3 Å². The number of nitrogens with one attached hydrogen (secondary N) is 3. The van der Waals surface area contributed by atoms with E-state index < -0.39 is 0 Å². The average molecular weight is 357 g/mol. The molecular formula is C19H27N5O2. The molecular weight excluding hydrogens is 330 g/mol. The highest BCUT2D eigenvalue weighted by atomic mass is 16.5. The van der Waals surface area contributed by atoms with Gasteiger partial charge in [0.2, 0.25) is 0 Å². The molecule has 0 aromatic carbocycles. The van der Waals surface area contributed by atoms with Gasteiger partial charge in [0, 0.05) is 49.8 Å². The van der Waals surface area contributed by atoms with E-state index in [9.17, 15) is 4.79 Å². The average Bonchev–Trinajstić information content (AvgIpc) is 3.14. The molecule has 1 aliphatic heterocycles. The van der Waals surface area contributed by atoms with Crippen molar-refractivity contribution in [3.63, 3.8) is 0 Å². The summed E-state index contributed by atoms with van der Waals surface area (Å²) in [6.07, 6.45) is 5.68. The number of H-pyrrole nitrogens is 1. The third-order valence-electron chi connectivity index (χ3n) is 4.65. The van der Waals surface area contributed by atoms with E-state index in [0.717, 1.165) is 48.6 Å². The van der Waals surface area contributed by atoms with Crippen molar-refractivity contribution in [1.29, 1.82) is 0 Å². The summed E-state index contributed by atoms with van der Waals surface area (Å²) in [5.41, 5.74) is 9.16. The second-order valence-electron chi connectivity index (χ2n) is 6.83. The molecule has 2 aromatic rings. The van der Waals surface area contributed by atoms with Gasteiger partial charge in [0.05, 0.1) is 0 Å². The minimum absolute atomic E-state index is 0.0628. The summed E-state index contributed by atoms with van der Waals surface area (Å²) in [5.74, 6) is 0.697. The number of carbonyl (C=O) groups is 1. The molecule has 0 bridgehead atoms. The summed E-state index contributed by atoms with van der Waals surface area (Å²) in [5, 5.41) is 6.35. The standard InChI is InChI=1S/C19H27N5O2/c1-12-10-22-18(24-15-3-5-26-6-4-15)8-16(12)14-7-17(21-11-14)19(25)23-13(2)9-20/h7-8,10-11,13,15,21H,3-6,9,20H2,1-2H3,(H,22,24)(H,23,25). The van der Waals surface area contributed by atoms with Gasteiger partial charge in [-0.15, -0.1) is 0 Å². The molecule has 0 radical (unpaired) electrons. The molecule has 140 valence electrons. The Labute approximate surface area is 153 Å². The number of amides is 1. The quantitative estimate of drug-likeness (QED) is 0.633. The number of aryl methyl sites for hydroxylation is 1. The van der Waals surface area contributed by atoms with Gasteiger partial charge in [-0.05, 0) is 49.9 Å². The maximum atomic E-state index is 12.2. The predicted octanol–water partition coefficient (Wildman–Crippen LogP) is 2.05. The third-order valence-corrected chi connectivity index (χ3v) is 4.65. The summed E-state index contributed by atoms with van der Waals surface area (Å²) >= 11 is 0. The zero-order valence-corrected chi connectivity index (χ0v) is 15.3. The molecule has 0 spiro atoms. The number of pyridine rings is 1. The van der Waals surface area contributed by atoms with Crippen LogP contribution in [0.5, 0.6) is 0 Å². The number of rotatable bonds is 6. The number of carbonyl (C=O) groups excluding carboxylic acids is 1. The smallest absolute Gasteiger partial charge is 0.267 e. The maximum absolute atomic E-state index is 12.2. The van der Waals surface area contributed by atoms with Crippen LogP contribution >= 0.6 is 0 Å². The van der Waals surface area contributed by atoms with E-state index in [0.29, 0.717) is 18.3 Å². The van der Waals surface area contributed by atoms with Crippen molar-refractivity contribution in [2.45, 2.75) is 38.8 Å². The van der Waals surface area contributed by atoms with E-state index in [4.69, 9.17) is 10.5 Å². The van der Waals surface area contributed by atoms with Gasteiger partial charge >= 0.3 is 0 Å². The Balaban J connectivity index is 1.76. The monoisotopic (exact) mass is 357 g/mol. The number of aromatic nitrogens is 2. The highest BCUT2D eigenvalue weighted by Crippen LogP contribution is 2.27. The van der Waals surface area contributed by atoms with Crippen molar-refractivity contribution in [2.75, 3.05) is 25.1 Å². The lowest BCUT2D eigenvalue weighted by atomic mass is 10.0. The van der Waals surface area contributed by atoms with Gasteiger partial charge in [-0.1, -0.05) is 0 Å². The van der Waals surface area contributed by atoms with Crippen LogP contribution in [-0.2, 0) is 4.74 Å². The SMILES string of the molecule is Cc1cnc(NC2CCOCC2)cc1-c1c[nH]c(C(=O)NC(C)CN)c1. The van der Waals surface area contributed by atoms with Crippen LogP contribution in [0.2, 0.25) is 0 Å². The lowest BCUT2D eigenvalue weighted by Crippen LogP contribution is -2.37. The molecule has 7 heteroatoms. The highest BCUT2D eigenvalue weighted by molar-refractivity contribution is 5.94. The van der Waals surface area contributed by atoms with Crippen LogP contribution in [0, 0.1) is 6.92 Å². The minimum Gasteiger partial charge on any atom is -0.381 e. The van der Waals surface area contributed by atoms with Gasteiger partial charge in [-0.25, -0.2) is 4.98 Å². The molecule has 26 heavy (non-hydrogen) atoms. The van der Waals surface area contributed by atoms with Crippen LogP contribution in [0.1, 0.15) is 35.8 Å². The Bertz CT molecular complexity index is 752. The number of nitrogens with two attached hydrogens (primary N) is 1. The molecule has 5 N–H and O–H groups in total. The molecule has 3 rings (SSSR count). The zero-order chi connectivity index (χ0) is 18.5. The van der Waals surface area contributed by atoms with Crippen molar-refractivity contribution in [3.8, 4) is 11.1 Å². The first kappa shape index (κ1) is 18.4. The van der Waals surface area contributed by atoms with Crippen molar-refractivity contribution >= 4 is 11.7 Å². The second kappa shape index (κ2) is 8.33. The first-order chi connectivity index (χ1) is 12.6. The molecule has 1 saturated heterocycles. The van der Waals surface area contributed by atoms with Gasteiger partial charge in [-0.2, -0.15) is 0 Å². The van der Waals surface area contributed by atoms with Crippen molar-refractivity contribution in [3.05, 3.63) is 35.8 Å². The number of anilines is 1. The molecule has 1 amide bonds. The largest absolute Gasteiger partial charge is 0.381 e. The third kappa shape index (κ3) is 4.42. The van der Waals surface area contributed by atoms with Crippen LogP contribution in [0.25, 0.3) is 11.1 Å². The van der Waals surface area contributed by atoms with Crippen LogP contribution < -0.4 is 16.4 Å². The Morgan fingerprint density at radius 1 is 1.42 bits per heavy atom. The van der Waals surface area contributed by atoms with E-state index in [1.165, 1.54) is 0 Å². The normalized spacial score (nSPS) is 16.3. The maximum Gasteiger partial charge on any atom is 0.267 e. The summed E-state index contributed by atoms with van der Waals surface area (Å²) in [7, 11) is 0. The first-order valence-electron chi connectivity index (χ1n) is 9.07. The minimum atomic E-state index is -0.151. The lowest BCUT2D eigenvalue weighted by molar-refractivity contribution is 0.0903. The summed E-state index contributed by atoms with van der Waals surface area (Å²) in [6, 6.07) is 4.22. The van der Waals surface area contributed by atoms with E-state index in [2.05, 4.69) is 20.6 Å². The van der Waals surface area contributed by atoms with Gasteiger partial charge < -0.3 is 26.1 Å². The fourth-order valence-electron chi connectivity index (χ4n) is 3.01. The molecule has 7 nitrogen and oxygen atoms in total. The lowest BCUT2D eigenvalue weighted by Gasteiger charge is -2.24. The molecule has 2 aromatic heterocycles. The first-order valence-corrected chi connectivity index (χ1v) is 9.07. The fraction of sp³-hybridized carbons (Fsp3) is 0.474. The Morgan fingerprint density at radius 3 is 2.92 bits per heavy atom. The summed E-state index contributed by atoms with van der Waals surface area (Å²) in [6.45, 7) is 5.87.